The zero-order valence-electron chi connectivity index (χ0n) is 15.8. The molecule has 2 aliphatic rings. The Morgan fingerprint density at radius 1 is 1.08 bits per heavy atom. The Morgan fingerprint density at radius 2 is 1.72 bits per heavy atom. The van der Waals surface area contributed by atoms with Gasteiger partial charge in [0.1, 0.15) is 5.75 Å². The van der Waals surface area contributed by atoms with E-state index < -0.39 is 0 Å². The smallest absolute Gasteiger partial charge is 0.123 e. The van der Waals surface area contributed by atoms with E-state index in [1.54, 1.807) is 0 Å². The topological polar surface area (TPSA) is 24.5 Å². The summed E-state index contributed by atoms with van der Waals surface area (Å²) in [6.45, 7) is 9.07. The quantitative estimate of drug-likeness (QED) is 0.783. The van der Waals surface area contributed by atoms with E-state index >= 15 is 0 Å². The van der Waals surface area contributed by atoms with Crippen LogP contribution >= 0.6 is 24.8 Å². The summed E-state index contributed by atoms with van der Waals surface area (Å²) in [5, 5.41) is 3.50. The number of nitrogens with one attached hydrogen (secondary N) is 1. The number of hydrogen-bond donors (Lipinski definition) is 1. The summed E-state index contributed by atoms with van der Waals surface area (Å²) < 4.78 is 5.77. The van der Waals surface area contributed by atoms with E-state index in [1.807, 2.05) is 7.11 Å². The highest BCUT2D eigenvalue weighted by molar-refractivity contribution is 5.85. The van der Waals surface area contributed by atoms with Crippen LogP contribution < -0.4 is 10.1 Å². The lowest BCUT2D eigenvalue weighted by atomic mass is 9.87. The average molecular weight is 389 g/mol. The van der Waals surface area contributed by atoms with Crippen LogP contribution in [0.5, 0.6) is 5.75 Å². The molecule has 0 spiro atoms. The number of ether oxygens (including phenoxy) is 1. The molecule has 3 rings (SSSR count). The molecule has 5 heteroatoms. The van der Waals surface area contributed by atoms with Crippen LogP contribution in [0.25, 0.3) is 0 Å². The van der Waals surface area contributed by atoms with E-state index in [9.17, 15) is 0 Å². The van der Waals surface area contributed by atoms with E-state index in [4.69, 9.17) is 4.74 Å². The summed E-state index contributed by atoms with van der Waals surface area (Å²) in [5.41, 5.74) is 2.85. The van der Waals surface area contributed by atoms with Crippen molar-refractivity contribution in [3.8, 4) is 5.75 Å². The molecule has 0 unspecified atom stereocenters. The first kappa shape index (κ1) is 22.6. The van der Waals surface area contributed by atoms with Gasteiger partial charge in [0, 0.05) is 37.8 Å². The van der Waals surface area contributed by atoms with Crippen LogP contribution in [0, 0.1) is 5.92 Å². The molecule has 2 fully saturated rings. The van der Waals surface area contributed by atoms with Gasteiger partial charge in [0.05, 0.1) is 7.11 Å². The number of methoxy groups -OCH3 is 1. The molecule has 1 N–H and O–H groups in total. The van der Waals surface area contributed by atoms with Crippen molar-refractivity contribution in [1.82, 2.24) is 10.2 Å². The first-order chi connectivity index (χ1) is 11.2. The molecule has 1 aromatic rings. The third kappa shape index (κ3) is 5.26. The zero-order chi connectivity index (χ0) is 16.2. The van der Waals surface area contributed by atoms with Crippen molar-refractivity contribution in [3.05, 3.63) is 29.3 Å². The molecule has 1 aliphatic carbocycles. The van der Waals surface area contributed by atoms with Crippen molar-refractivity contribution in [2.45, 2.75) is 51.5 Å². The maximum atomic E-state index is 5.77. The second-order valence-electron chi connectivity index (χ2n) is 7.43. The summed E-state index contributed by atoms with van der Waals surface area (Å²) in [6.07, 6.45) is 5.51. The molecule has 1 saturated heterocycles. The monoisotopic (exact) mass is 388 g/mol. The minimum absolute atomic E-state index is 0. The largest absolute Gasteiger partial charge is 0.496 e. The predicted molar refractivity (Wildman–Crippen MR) is 111 cm³/mol. The van der Waals surface area contributed by atoms with Crippen LogP contribution in [0.4, 0.5) is 0 Å². The van der Waals surface area contributed by atoms with E-state index in [0.29, 0.717) is 12.0 Å². The second-order valence-corrected chi connectivity index (χ2v) is 7.43. The molecule has 3 nitrogen and oxygen atoms in total. The highest BCUT2D eigenvalue weighted by atomic mass is 35.5. The van der Waals surface area contributed by atoms with Crippen LogP contribution in [0.15, 0.2) is 18.2 Å². The molecular formula is C20H34Cl2N2O. The third-order valence-electron chi connectivity index (χ3n) is 5.63. The van der Waals surface area contributed by atoms with Gasteiger partial charge in [0.15, 0.2) is 0 Å². The van der Waals surface area contributed by atoms with E-state index in [-0.39, 0.29) is 24.8 Å². The highest BCUT2D eigenvalue weighted by Crippen LogP contribution is 2.43. The molecule has 144 valence electrons. The minimum atomic E-state index is 0. The molecule has 1 aliphatic heterocycles. The van der Waals surface area contributed by atoms with Crippen molar-refractivity contribution in [3.63, 3.8) is 0 Å². The maximum absolute atomic E-state index is 5.77. The maximum Gasteiger partial charge on any atom is 0.123 e. The number of benzene rings is 1. The first-order valence-corrected chi connectivity index (χ1v) is 9.33. The van der Waals surface area contributed by atoms with Gasteiger partial charge in [-0.2, -0.15) is 0 Å². The van der Waals surface area contributed by atoms with Crippen molar-refractivity contribution in [1.29, 1.82) is 0 Å². The fraction of sp³-hybridized carbons (Fsp3) is 0.700. The van der Waals surface area contributed by atoms with Gasteiger partial charge in [-0.25, -0.2) is 0 Å². The number of nitrogens with zero attached hydrogens (tertiary/aromatic N) is 1. The third-order valence-corrected chi connectivity index (χ3v) is 5.63. The van der Waals surface area contributed by atoms with Gasteiger partial charge in [-0.15, -0.1) is 24.8 Å². The Balaban J connectivity index is 0.00000156. The Hall–Kier alpha value is -0.480. The molecule has 1 aromatic carbocycles. The van der Waals surface area contributed by atoms with Crippen LogP contribution in [-0.4, -0.2) is 38.2 Å². The Morgan fingerprint density at radius 3 is 2.28 bits per heavy atom. The highest BCUT2D eigenvalue weighted by Gasteiger charge is 2.33. The molecule has 0 amide bonds. The van der Waals surface area contributed by atoms with Crippen LogP contribution in [-0.2, 0) is 0 Å². The number of hydrogen-bond acceptors (Lipinski definition) is 3. The molecular weight excluding hydrogens is 355 g/mol. The van der Waals surface area contributed by atoms with E-state index in [1.165, 1.54) is 36.8 Å². The lowest BCUT2D eigenvalue weighted by Gasteiger charge is -2.39. The normalized spacial score (nSPS) is 20.0. The van der Waals surface area contributed by atoms with Gasteiger partial charge in [-0.05, 0) is 36.3 Å². The molecule has 0 aromatic heterocycles. The average Bonchev–Trinajstić information content (AvgIpc) is 3.10. The molecule has 25 heavy (non-hydrogen) atoms. The van der Waals surface area contributed by atoms with Crippen molar-refractivity contribution in [2.24, 2.45) is 5.92 Å². The Bertz CT molecular complexity index is 512. The zero-order valence-corrected chi connectivity index (χ0v) is 17.4. The van der Waals surface area contributed by atoms with Gasteiger partial charge in [0.2, 0.25) is 0 Å². The van der Waals surface area contributed by atoms with Crippen LogP contribution in [0.1, 0.15) is 62.6 Å². The Kier molecular flexibility index (Phi) is 9.58. The lowest BCUT2D eigenvalue weighted by molar-refractivity contribution is 0.123. The summed E-state index contributed by atoms with van der Waals surface area (Å²) in [7, 11) is 1.82. The van der Waals surface area contributed by atoms with Crippen LogP contribution in [0.3, 0.4) is 0 Å². The van der Waals surface area contributed by atoms with Gasteiger partial charge < -0.3 is 10.1 Å². The lowest BCUT2D eigenvalue weighted by Crippen LogP contribution is -2.46. The fourth-order valence-corrected chi connectivity index (χ4v) is 4.33. The number of rotatable bonds is 5. The van der Waals surface area contributed by atoms with Crippen LogP contribution in [0.2, 0.25) is 0 Å². The summed E-state index contributed by atoms with van der Waals surface area (Å²) >= 11 is 0. The van der Waals surface area contributed by atoms with Crippen molar-refractivity contribution in [2.75, 3.05) is 33.3 Å². The van der Waals surface area contributed by atoms with Gasteiger partial charge >= 0.3 is 0 Å². The number of piperazine rings is 1. The van der Waals surface area contributed by atoms with Gasteiger partial charge in [-0.1, -0.05) is 38.8 Å². The predicted octanol–water partition coefficient (Wildman–Crippen LogP) is 4.80. The molecule has 1 atom stereocenters. The first-order valence-electron chi connectivity index (χ1n) is 9.33. The molecule has 1 heterocycles. The minimum Gasteiger partial charge on any atom is -0.496 e. The van der Waals surface area contributed by atoms with Crippen molar-refractivity contribution >= 4 is 24.8 Å². The molecule has 1 saturated carbocycles. The SMILES string of the molecule is COc1ccc(C(C)C)cc1[C@H](C1CCCC1)N1CCNCC1.Cl.Cl. The van der Waals surface area contributed by atoms with E-state index in [0.717, 1.165) is 37.8 Å². The molecule has 0 radical (unpaired) electrons. The van der Waals surface area contributed by atoms with Crippen molar-refractivity contribution < 1.29 is 4.74 Å². The standard InChI is InChI=1S/C20H32N2O.2ClH/c1-15(2)17-8-9-19(23-3)18(14-17)20(16-6-4-5-7-16)22-12-10-21-11-13-22;;/h8-9,14-16,20-21H,4-7,10-13H2,1-3H3;2*1H/t20-;;/m0../s1. The summed E-state index contributed by atoms with van der Waals surface area (Å²) in [5.74, 6) is 2.42. The summed E-state index contributed by atoms with van der Waals surface area (Å²) in [6, 6.07) is 7.37. The fourth-order valence-electron chi connectivity index (χ4n) is 4.33. The molecule has 0 bridgehead atoms. The van der Waals surface area contributed by atoms with Gasteiger partial charge in [-0.3, -0.25) is 4.90 Å². The second kappa shape index (κ2) is 10.6. The number of halogens is 2. The van der Waals surface area contributed by atoms with Gasteiger partial charge in [0.25, 0.3) is 0 Å². The Labute approximate surface area is 165 Å². The summed E-state index contributed by atoms with van der Waals surface area (Å²) in [4.78, 5) is 2.70. The van der Waals surface area contributed by atoms with E-state index in [2.05, 4.69) is 42.3 Å².